The maximum atomic E-state index is 14.2. The Hall–Kier alpha value is -3.43. The molecule has 0 saturated heterocycles. The number of nitrogens with one attached hydrogen (secondary N) is 2. The van der Waals surface area contributed by atoms with E-state index in [9.17, 15) is 27.2 Å². The van der Waals surface area contributed by atoms with Crippen LogP contribution in [0.4, 0.5) is 23.5 Å². The lowest BCUT2D eigenvalue weighted by Crippen LogP contribution is -2.37. The molecule has 0 unspecified atom stereocenters. The van der Waals surface area contributed by atoms with Crippen molar-refractivity contribution in [3.05, 3.63) is 69.5 Å². The van der Waals surface area contributed by atoms with Crippen molar-refractivity contribution in [3.8, 4) is 0 Å². The van der Waals surface area contributed by atoms with Gasteiger partial charge in [-0.3, -0.25) is 15.0 Å². The van der Waals surface area contributed by atoms with E-state index < -0.39 is 40.1 Å². The highest BCUT2D eigenvalue weighted by molar-refractivity contribution is 5.87. The van der Waals surface area contributed by atoms with Crippen molar-refractivity contribution in [1.29, 1.82) is 0 Å². The topological polar surface area (TPSA) is 76.0 Å². The number of aromatic nitrogens is 2. The molecule has 2 N–H and O–H groups in total. The Morgan fingerprint density at radius 2 is 1.80 bits per heavy atom. The summed E-state index contributed by atoms with van der Waals surface area (Å²) >= 11 is 0. The van der Waals surface area contributed by atoms with E-state index in [1.54, 1.807) is 0 Å². The van der Waals surface area contributed by atoms with Gasteiger partial charge in [-0.1, -0.05) is 19.9 Å². The molecule has 0 radical (unpaired) electrons. The zero-order valence-corrected chi connectivity index (χ0v) is 16.1. The van der Waals surface area contributed by atoms with Crippen molar-refractivity contribution in [2.75, 3.05) is 17.3 Å². The number of nitrogens with zero attached hydrogens (tertiary/aromatic N) is 2. The summed E-state index contributed by atoms with van der Waals surface area (Å²) in [6.45, 7) is 4.13. The monoisotopic (exact) mass is 422 g/mol. The maximum absolute atomic E-state index is 14.2. The number of amides is 1. The van der Waals surface area contributed by atoms with Crippen molar-refractivity contribution in [2.45, 2.75) is 20.3 Å². The second-order valence-corrected chi connectivity index (χ2v) is 7.09. The van der Waals surface area contributed by atoms with Gasteiger partial charge in [0.25, 0.3) is 5.56 Å². The van der Waals surface area contributed by atoms with E-state index in [0.29, 0.717) is 17.3 Å². The molecule has 2 aromatic carbocycles. The van der Waals surface area contributed by atoms with Gasteiger partial charge in [-0.25, -0.2) is 22.5 Å². The zero-order valence-electron chi connectivity index (χ0n) is 16.1. The summed E-state index contributed by atoms with van der Waals surface area (Å²) in [5.74, 6) is -4.94. The average Bonchev–Trinajstić information content (AvgIpc) is 2.65. The minimum atomic E-state index is -1.12. The summed E-state index contributed by atoms with van der Waals surface area (Å²) < 4.78 is 54.9. The van der Waals surface area contributed by atoms with Crippen LogP contribution in [0.5, 0.6) is 0 Å². The van der Waals surface area contributed by atoms with Crippen LogP contribution in [0.3, 0.4) is 0 Å². The third-order valence-electron chi connectivity index (χ3n) is 4.14. The van der Waals surface area contributed by atoms with Gasteiger partial charge in [-0.15, -0.1) is 0 Å². The van der Waals surface area contributed by atoms with Gasteiger partial charge >= 0.3 is 0 Å². The van der Waals surface area contributed by atoms with E-state index in [4.69, 9.17) is 0 Å². The molecular weight excluding hydrogens is 404 g/mol. The minimum Gasteiger partial charge on any atom is -0.354 e. The normalized spacial score (nSPS) is 11.2. The summed E-state index contributed by atoms with van der Waals surface area (Å²) in [4.78, 5) is 29.3. The number of fused-ring (bicyclic) bond motifs is 1. The summed E-state index contributed by atoms with van der Waals surface area (Å²) in [7, 11) is 0. The third kappa shape index (κ3) is 4.58. The van der Waals surface area contributed by atoms with Crippen LogP contribution in [0.2, 0.25) is 0 Å². The number of benzene rings is 2. The second-order valence-electron chi connectivity index (χ2n) is 7.09. The van der Waals surface area contributed by atoms with Crippen LogP contribution < -0.4 is 16.3 Å². The second kappa shape index (κ2) is 8.52. The van der Waals surface area contributed by atoms with E-state index in [1.807, 2.05) is 13.8 Å². The number of rotatable bonds is 6. The molecule has 10 heteroatoms. The minimum absolute atomic E-state index is 0.121. The molecule has 1 amide bonds. The Kier molecular flexibility index (Phi) is 6.04. The molecule has 0 fully saturated rings. The number of anilines is 1. The molecule has 158 valence electrons. The van der Waals surface area contributed by atoms with Gasteiger partial charge in [-0.05, 0) is 23.6 Å². The highest BCUT2D eigenvalue weighted by Crippen LogP contribution is 2.17. The Morgan fingerprint density at radius 1 is 1.07 bits per heavy atom. The predicted octanol–water partition coefficient (Wildman–Crippen LogP) is 3.33. The summed E-state index contributed by atoms with van der Waals surface area (Å²) in [5.41, 5.74) is 1.28. The highest BCUT2D eigenvalue weighted by Gasteiger charge is 2.18. The lowest BCUT2D eigenvalue weighted by Gasteiger charge is -2.16. The van der Waals surface area contributed by atoms with Crippen LogP contribution in [-0.4, -0.2) is 22.1 Å². The first-order valence-corrected chi connectivity index (χ1v) is 9.05. The van der Waals surface area contributed by atoms with Gasteiger partial charge in [0.15, 0.2) is 11.6 Å². The molecule has 0 atom stereocenters. The molecule has 6 nitrogen and oxygen atoms in total. The van der Waals surface area contributed by atoms with Crippen molar-refractivity contribution in [3.63, 3.8) is 0 Å². The van der Waals surface area contributed by atoms with Crippen molar-refractivity contribution in [1.82, 2.24) is 9.66 Å². The van der Waals surface area contributed by atoms with Crippen LogP contribution >= 0.6 is 0 Å². The first-order valence-electron chi connectivity index (χ1n) is 9.05. The molecule has 1 aromatic heterocycles. The lowest BCUT2D eigenvalue weighted by molar-refractivity contribution is -0.116. The molecule has 30 heavy (non-hydrogen) atoms. The molecule has 0 spiro atoms. The largest absolute Gasteiger partial charge is 0.354 e. The van der Waals surface area contributed by atoms with Crippen molar-refractivity contribution >= 4 is 22.8 Å². The van der Waals surface area contributed by atoms with Crippen LogP contribution in [0, 0.1) is 29.2 Å². The molecule has 0 saturated carbocycles. The molecule has 1 heterocycles. The van der Waals surface area contributed by atoms with E-state index in [1.165, 1.54) is 6.07 Å². The lowest BCUT2D eigenvalue weighted by atomic mass is 10.1. The Labute approximate surface area is 168 Å². The van der Waals surface area contributed by atoms with E-state index >= 15 is 0 Å². The fraction of sp³-hybridized carbons (Fsp3) is 0.250. The molecule has 0 aliphatic carbocycles. The summed E-state index contributed by atoms with van der Waals surface area (Å²) in [5, 5.41) is 2.35. The van der Waals surface area contributed by atoms with Crippen LogP contribution in [-0.2, 0) is 11.2 Å². The Balaban J connectivity index is 2.00. The van der Waals surface area contributed by atoms with Crippen molar-refractivity contribution in [2.24, 2.45) is 5.92 Å². The standard InChI is InChI=1S/C20H18F4N4O2/c1-10(2)9-25-20-26-16-8-12(21)7-15(24)18(16)19(30)28(20)27-17(29)6-11-3-4-13(22)14(23)5-11/h3-5,7-8,10H,6,9H2,1-2H3,(H,25,26)(H,27,29). The molecule has 3 rings (SSSR count). The maximum Gasteiger partial charge on any atom is 0.284 e. The first kappa shape index (κ1) is 21.3. The third-order valence-corrected chi connectivity index (χ3v) is 4.14. The number of hydrogen-bond acceptors (Lipinski definition) is 4. The fourth-order valence-electron chi connectivity index (χ4n) is 2.75. The number of carbonyl (C=O) groups is 1. The SMILES string of the molecule is CC(C)CNc1nc2cc(F)cc(F)c2c(=O)n1NC(=O)Cc1ccc(F)c(F)c1. The summed E-state index contributed by atoms with van der Waals surface area (Å²) in [6.07, 6.45) is -0.378. The van der Waals surface area contributed by atoms with Gasteiger partial charge in [0.1, 0.15) is 17.0 Å². The predicted molar refractivity (Wildman–Crippen MR) is 104 cm³/mol. The van der Waals surface area contributed by atoms with Gasteiger partial charge in [-0.2, -0.15) is 4.68 Å². The summed E-state index contributed by atoms with van der Waals surface area (Å²) in [6, 6.07) is 4.41. The molecule has 0 aliphatic heterocycles. The van der Waals surface area contributed by atoms with Gasteiger partial charge in [0.2, 0.25) is 11.9 Å². The number of carbonyl (C=O) groups excluding carboxylic acids is 1. The molecule has 0 aliphatic rings. The first-order chi connectivity index (χ1) is 14.2. The van der Waals surface area contributed by atoms with Crippen molar-refractivity contribution < 1.29 is 22.4 Å². The van der Waals surface area contributed by atoms with Crippen LogP contribution in [0.15, 0.2) is 35.1 Å². The number of halogens is 4. The van der Waals surface area contributed by atoms with Crippen LogP contribution in [0.1, 0.15) is 19.4 Å². The Morgan fingerprint density at radius 3 is 2.47 bits per heavy atom. The molecule has 3 aromatic rings. The zero-order chi connectivity index (χ0) is 22.0. The van der Waals surface area contributed by atoms with Gasteiger partial charge in [0.05, 0.1) is 11.9 Å². The average molecular weight is 422 g/mol. The smallest absolute Gasteiger partial charge is 0.284 e. The van der Waals surface area contributed by atoms with E-state index in [2.05, 4.69) is 15.7 Å². The quantitative estimate of drug-likeness (QED) is 0.598. The Bertz CT molecular complexity index is 1180. The van der Waals surface area contributed by atoms with Crippen LogP contribution in [0.25, 0.3) is 10.9 Å². The highest BCUT2D eigenvalue weighted by atomic mass is 19.2. The van der Waals surface area contributed by atoms with Gasteiger partial charge < -0.3 is 5.32 Å². The molecule has 0 bridgehead atoms. The number of hydrogen-bond donors (Lipinski definition) is 2. The van der Waals surface area contributed by atoms with Gasteiger partial charge in [0, 0.05) is 18.7 Å². The fourth-order valence-corrected chi connectivity index (χ4v) is 2.75. The molecular formula is C20H18F4N4O2. The van der Waals surface area contributed by atoms with E-state index in [-0.39, 0.29) is 29.4 Å². The van der Waals surface area contributed by atoms with E-state index in [0.717, 1.165) is 18.2 Å².